The van der Waals surface area contributed by atoms with Crippen LogP contribution in [0, 0.1) is 0 Å². The normalized spacial score (nSPS) is 11.5. The Hall–Kier alpha value is -3.41. The molecule has 1 amide bonds. The van der Waals surface area contributed by atoms with Gasteiger partial charge >= 0.3 is 0 Å². The van der Waals surface area contributed by atoms with Crippen molar-refractivity contribution in [1.29, 1.82) is 0 Å². The molecule has 0 fully saturated rings. The van der Waals surface area contributed by atoms with Crippen molar-refractivity contribution in [3.05, 3.63) is 78.0 Å². The van der Waals surface area contributed by atoms with E-state index in [1.165, 1.54) is 0 Å². The second-order valence-corrected chi connectivity index (χ2v) is 5.96. The summed E-state index contributed by atoms with van der Waals surface area (Å²) in [6.07, 6.45) is 0. The highest BCUT2D eigenvalue weighted by Gasteiger charge is 2.12. The zero-order valence-corrected chi connectivity index (χ0v) is 15.3. The van der Waals surface area contributed by atoms with E-state index >= 15 is 0 Å². The number of para-hydroxylation sites is 2. The van der Waals surface area contributed by atoms with Crippen molar-refractivity contribution >= 4 is 17.4 Å². The van der Waals surface area contributed by atoms with Crippen molar-refractivity contribution in [3.63, 3.8) is 0 Å². The molecule has 0 aliphatic heterocycles. The van der Waals surface area contributed by atoms with E-state index in [0.29, 0.717) is 23.9 Å². The number of carbonyl (C=O) groups is 1. The first kappa shape index (κ1) is 18.4. The van der Waals surface area contributed by atoms with Crippen LogP contribution in [0.2, 0.25) is 0 Å². The molecule has 3 rings (SSSR count). The molecule has 1 aromatic heterocycles. The number of nitrogens with zero attached hydrogens (tertiary/aromatic N) is 2. The molecule has 27 heavy (non-hydrogen) atoms. The minimum Gasteiger partial charge on any atom is -0.492 e. The number of aromatic nitrogens is 2. The number of amides is 1. The summed E-state index contributed by atoms with van der Waals surface area (Å²) in [7, 11) is 0. The maximum Gasteiger partial charge on any atom is 0.276 e. The molecule has 6 nitrogen and oxygen atoms in total. The maximum absolute atomic E-state index is 12.4. The van der Waals surface area contributed by atoms with Gasteiger partial charge in [0, 0.05) is 6.04 Å². The molecule has 3 aromatic rings. The fourth-order valence-electron chi connectivity index (χ4n) is 2.61. The molecular weight excluding hydrogens is 340 g/mol. The highest BCUT2D eigenvalue weighted by atomic mass is 16.5. The quantitative estimate of drug-likeness (QED) is 0.655. The van der Waals surface area contributed by atoms with E-state index in [0.717, 1.165) is 5.56 Å². The van der Waals surface area contributed by atoms with Crippen molar-refractivity contribution in [1.82, 2.24) is 10.2 Å². The number of rotatable bonds is 7. The number of carbonyl (C=O) groups excluding carboxylic acids is 1. The molecular formula is C21H22N4O2. The molecule has 0 radical (unpaired) electrons. The van der Waals surface area contributed by atoms with Crippen LogP contribution in [0.25, 0.3) is 0 Å². The van der Waals surface area contributed by atoms with E-state index in [9.17, 15) is 4.79 Å². The zero-order valence-electron chi connectivity index (χ0n) is 15.3. The van der Waals surface area contributed by atoms with Gasteiger partial charge in [-0.05, 0) is 43.7 Å². The summed E-state index contributed by atoms with van der Waals surface area (Å²) in [4.78, 5) is 12.4. The average molecular weight is 362 g/mol. The van der Waals surface area contributed by atoms with Gasteiger partial charge in [0.1, 0.15) is 11.6 Å². The van der Waals surface area contributed by atoms with Crippen LogP contribution < -0.4 is 15.4 Å². The second kappa shape index (κ2) is 8.80. The first-order valence-electron chi connectivity index (χ1n) is 8.85. The predicted octanol–water partition coefficient (Wildman–Crippen LogP) is 4.30. The molecule has 0 aliphatic carbocycles. The molecule has 0 spiro atoms. The summed E-state index contributed by atoms with van der Waals surface area (Å²) in [5.74, 6) is 0.895. The van der Waals surface area contributed by atoms with Crippen molar-refractivity contribution in [2.24, 2.45) is 0 Å². The van der Waals surface area contributed by atoms with Gasteiger partial charge in [-0.3, -0.25) is 4.79 Å². The largest absolute Gasteiger partial charge is 0.492 e. The van der Waals surface area contributed by atoms with Crippen LogP contribution in [0.4, 0.5) is 11.5 Å². The molecule has 1 unspecified atom stereocenters. The molecule has 0 saturated heterocycles. The highest BCUT2D eigenvalue weighted by Crippen LogP contribution is 2.24. The van der Waals surface area contributed by atoms with Crippen LogP contribution >= 0.6 is 0 Å². The van der Waals surface area contributed by atoms with Crippen LogP contribution in [-0.4, -0.2) is 22.7 Å². The molecule has 2 aromatic carbocycles. The van der Waals surface area contributed by atoms with Gasteiger partial charge in [0.15, 0.2) is 5.69 Å². The van der Waals surface area contributed by atoms with Gasteiger partial charge in [0.25, 0.3) is 5.91 Å². The topological polar surface area (TPSA) is 76.1 Å². The monoisotopic (exact) mass is 362 g/mol. The van der Waals surface area contributed by atoms with Crippen LogP contribution in [0.1, 0.15) is 35.9 Å². The lowest BCUT2D eigenvalue weighted by molar-refractivity contribution is 0.102. The Morgan fingerprint density at radius 2 is 1.74 bits per heavy atom. The number of anilines is 2. The van der Waals surface area contributed by atoms with Crippen molar-refractivity contribution in [2.45, 2.75) is 19.9 Å². The first-order valence-corrected chi connectivity index (χ1v) is 8.85. The third-order valence-corrected chi connectivity index (χ3v) is 4.00. The minimum atomic E-state index is -0.336. The van der Waals surface area contributed by atoms with Gasteiger partial charge in [-0.1, -0.05) is 42.5 Å². The Morgan fingerprint density at radius 3 is 2.44 bits per heavy atom. The Balaban J connectivity index is 1.66. The molecule has 2 N–H and O–H groups in total. The summed E-state index contributed by atoms with van der Waals surface area (Å²) in [6.45, 7) is 4.46. The van der Waals surface area contributed by atoms with Gasteiger partial charge in [0.05, 0.1) is 12.3 Å². The lowest BCUT2D eigenvalue weighted by Crippen LogP contribution is -2.16. The van der Waals surface area contributed by atoms with Gasteiger partial charge in [-0.2, -0.15) is 0 Å². The van der Waals surface area contributed by atoms with Crippen LogP contribution in [0.3, 0.4) is 0 Å². The molecule has 1 heterocycles. The number of ether oxygens (including phenoxy) is 1. The van der Waals surface area contributed by atoms with E-state index in [1.807, 2.05) is 62.4 Å². The second-order valence-electron chi connectivity index (χ2n) is 5.96. The smallest absolute Gasteiger partial charge is 0.276 e. The van der Waals surface area contributed by atoms with Crippen molar-refractivity contribution < 1.29 is 9.53 Å². The zero-order chi connectivity index (χ0) is 19.1. The minimum absolute atomic E-state index is 0.0817. The standard InChI is InChI=1S/C21H22N4O2/c1-3-27-19-12-8-7-11-17(19)23-21(26)18-13-14-20(25-24-18)22-15(2)16-9-5-4-6-10-16/h4-15H,3H2,1-2H3,(H,22,25)(H,23,26). The van der Waals surface area contributed by atoms with Crippen LogP contribution in [0.15, 0.2) is 66.7 Å². The third-order valence-electron chi connectivity index (χ3n) is 4.00. The van der Waals surface area contributed by atoms with Gasteiger partial charge in [0.2, 0.25) is 0 Å². The Bertz CT molecular complexity index is 882. The molecule has 0 bridgehead atoms. The summed E-state index contributed by atoms with van der Waals surface area (Å²) in [5.41, 5.74) is 1.99. The highest BCUT2D eigenvalue weighted by molar-refractivity contribution is 6.03. The van der Waals surface area contributed by atoms with E-state index in [2.05, 4.69) is 20.8 Å². The summed E-state index contributed by atoms with van der Waals surface area (Å²) in [5, 5.41) is 14.2. The molecule has 0 aliphatic rings. The Labute approximate surface area is 158 Å². The Kier molecular flexibility index (Phi) is 5.99. The Morgan fingerprint density at radius 1 is 1.00 bits per heavy atom. The fraction of sp³-hybridized carbons (Fsp3) is 0.190. The van der Waals surface area contributed by atoms with E-state index in [-0.39, 0.29) is 17.6 Å². The molecule has 0 saturated carbocycles. The number of nitrogens with one attached hydrogen (secondary N) is 2. The van der Waals surface area contributed by atoms with Crippen molar-refractivity contribution in [3.8, 4) is 5.75 Å². The SMILES string of the molecule is CCOc1ccccc1NC(=O)c1ccc(NC(C)c2ccccc2)nn1. The van der Waals surface area contributed by atoms with Crippen LogP contribution in [-0.2, 0) is 0 Å². The first-order chi connectivity index (χ1) is 13.2. The van der Waals surface area contributed by atoms with Crippen LogP contribution in [0.5, 0.6) is 5.75 Å². The number of hydrogen-bond acceptors (Lipinski definition) is 5. The maximum atomic E-state index is 12.4. The molecule has 6 heteroatoms. The van der Waals surface area contributed by atoms with Crippen molar-refractivity contribution in [2.75, 3.05) is 17.2 Å². The van der Waals surface area contributed by atoms with E-state index in [1.54, 1.807) is 18.2 Å². The summed E-state index contributed by atoms with van der Waals surface area (Å²) < 4.78 is 5.52. The van der Waals surface area contributed by atoms with Gasteiger partial charge in [-0.15, -0.1) is 10.2 Å². The van der Waals surface area contributed by atoms with E-state index in [4.69, 9.17) is 4.74 Å². The lowest BCUT2D eigenvalue weighted by Gasteiger charge is -2.14. The number of benzene rings is 2. The fourth-order valence-corrected chi connectivity index (χ4v) is 2.61. The molecule has 1 atom stereocenters. The predicted molar refractivity (Wildman–Crippen MR) is 106 cm³/mol. The average Bonchev–Trinajstić information content (AvgIpc) is 2.71. The summed E-state index contributed by atoms with van der Waals surface area (Å²) >= 11 is 0. The third kappa shape index (κ3) is 4.82. The summed E-state index contributed by atoms with van der Waals surface area (Å²) in [6, 6.07) is 20.8. The van der Waals surface area contributed by atoms with Gasteiger partial charge < -0.3 is 15.4 Å². The lowest BCUT2D eigenvalue weighted by atomic mass is 10.1. The van der Waals surface area contributed by atoms with Gasteiger partial charge in [-0.25, -0.2) is 0 Å². The van der Waals surface area contributed by atoms with E-state index < -0.39 is 0 Å². The number of hydrogen-bond donors (Lipinski definition) is 2. The molecule has 138 valence electrons.